The minimum absolute atomic E-state index is 0.0865. The summed E-state index contributed by atoms with van der Waals surface area (Å²) in [5.41, 5.74) is 0.187. The molecule has 1 aromatic rings. The van der Waals surface area contributed by atoms with E-state index >= 15 is 0 Å². The van der Waals surface area contributed by atoms with E-state index in [0.29, 0.717) is 18.8 Å². The molecule has 0 fully saturated rings. The number of carboxylic acids is 2. The van der Waals surface area contributed by atoms with E-state index in [4.69, 9.17) is 18.9 Å². The maximum absolute atomic E-state index is 12.3. The van der Waals surface area contributed by atoms with Crippen LogP contribution in [0, 0.1) is 0 Å². The number of carboxylic acid groups (broad SMARTS) is 2. The highest BCUT2D eigenvalue weighted by molar-refractivity contribution is 5.98. The Morgan fingerprint density at radius 2 is 1.31 bits per heavy atom. The van der Waals surface area contributed by atoms with Gasteiger partial charge in [0.05, 0.1) is 23.3 Å². The summed E-state index contributed by atoms with van der Waals surface area (Å²) in [5.74, 6) is -2.47. The van der Waals surface area contributed by atoms with Crippen molar-refractivity contribution in [2.75, 3.05) is 13.2 Å². The van der Waals surface area contributed by atoms with E-state index in [1.807, 2.05) is 6.92 Å². The van der Waals surface area contributed by atoms with Gasteiger partial charge in [0.1, 0.15) is 0 Å². The molecule has 0 aromatic heterocycles. The van der Waals surface area contributed by atoms with Gasteiger partial charge in [-0.05, 0) is 52.2 Å². The lowest BCUT2D eigenvalue weighted by atomic mass is 9.90. The van der Waals surface area contributed by atoms with Gasteiger partial charge in [-0.15, -0.1) is 0 Å². The molecule has 0 aliphatic carbocycles. The molecule has 0 saturated heterocycles. The fraction of sp³-hybridized carbons (Fsp3) is 0.667. The molecule has 0 heterocycles. The molecule has 0 spiro atoms. The lowest BCUT2D eigenvalue weighted by molar-refractivity contribution is -0.159. The maximum Gasteiger partial charge on any atom is 0.336 e. The topological polar surface area (TPSA) is 112 Å². The maximum atomic E-state index is 12.3. The van der Waals surface area contributed by atoms with Crippen LogP contribution < -0.4 is 0 Å². The van der Waals surface area contributed by atoms with Gasteiger partial charge in [0.15, 0.2) is 12.6 Å². The van der Waals surface area contributed by atoms with Gasteiger partial charge < -0.3 is 29.2 Å². The van der Waals surface area contributed by atoms with Crippen molar-refractivity contribution in [2.24, 2.45) is 0 Å². The zero-order valence-electron chi connectivity index (χ0n) is 20.1. The van der Waals surface area contributed by atoms with Gasteiger partial charge in [-0.3, -0.25) is 0 Å². The SMILES string of the molecule is CCCCOC(C)OC(C)c1ccc(C(=O)O)c(C(C)OC(C)OCCCC)c1C(=O)O. The van der Waals surface area contributed by atoms with Crippen LogP contribution in [0.5, 0.6) is 0 Å². The van der Waals surface area contributed by atoms with Crippen molar-refractivity contribution >= 4 is 11.9 Å². The summed E-state index contributed by atoms with van der Waals surface area (Å²) < 4.78 is 22.9. The predicted octanol–water partition coefficient (Wildman–Crippen LogP) is 5.56. The number of benzene rings is 1. The molecule has 1 aromatic carbocycles. The van der Waals surface area contributed by atoms with Crippen LogP contribution in [-0.4, -0.2) is 47.9 Å². The highest BCUT2D eigenvalue weighted by Gasteiger charge is 2.30. The first kappa shape index (κ1) is 28.0. The Hall–Kier alpha value is -2.00. The Kier molecular flexibility index (Phi) is 12.4. The van der Waals surface area contributed by atoms with E-state index in [9.17, 15) is 19.8 Å². The second-order valence-electron chi connectivity index (χ2n) is 7.74. The third-order valence-corrected chi connectivity index (χ3v) is 5.06. The molecule has 1 rings (SSSR count). The zero-order valence-corrected chi connectivity index (χ0v) is 20.1. The molecule has 0 amide bonds. The van der Waals surface area contributed by atoms with Gasteiger partial charge in [-0.25, -0.2) is 9.59 Å². The summed E-state index contributed by atoms with van der Waals surface area (Å²) in [6, 6.07) is 2.87. The van der Waals surface area contributed by atoms with Crippen LogP contribution in [0.4, 0.5) is 0 Å². The average Bonchev–Trinajstić information content (AvgIpc) is 2.72. The largest absolute Gasteiger partial charge is 0.478 e. The molecule has 0 saturated carbocycles. The Morgan fingerprint density at radius 1 is 0.812 bits per heavy atom. The first-order valence-corrected chi connectivity index (χ1v) is 11.3. The normalized spacial score (nSPS) is 15.2. The van der Waals surface area contributed by atoms with Crippen molar-refractivity contribution in [1.82, 2.24) is 0 Å². The summed E-state index contributed by atoms with van der Waals surface area (Å²) in [4.78, 5) is 24.1. The summed E-state index contributed by atoms with van der Waals surface area (Å²) in [5, 5.41) is 19.7. The van der Waals surface area contributed by atoms with E-state index in [1.165, 1.54) is 12.1 Å². The minimum atomic E-state index is -1.25. The first-order valence-electron chi connectivity index (χ1n) is 11.3. The van der Waals surface area contributed by atoms with Crippen molar-refractivity contribution in [3.8, 4) is 0 Å². The van der Waals surface area contributed by atoms with Gasteiger partial charge in [-0.2, -0.15) is 0 Å². The Balaban J connectivity index is 3.24. The lowest BCUT2D eigenvalue weighted by Crippen LogP contribution is -2.23. The molecule has 4 unspecified atom stereocenters. The third-order valence-electron chi connectivity index (χ3n) is 5.06. The van der Waals surface area contributed by atoms with Crippen LogP contribution >= 0.6 is 0 Å². The van der Waals surface area contributed by atoms with Crippen molar-refractivity contribution in [1.29, 1.82) is 0 Å². The molecule has 0 aliphatic heterocycles. The van der Waals surface area contributed by atoms with Crippen LogP contribution in [0.2, 0.25) is 0 Å². The quantitative estimate of drug-likeness (QED) is 0.246. The van der Waals surface area contributed by atoms with Gasteiger partial charge >= 0.3 is 11.9 Å². The van der Waals surface area contributed by atoms with E-state index in [1.54, 1.807) is 27.7 Å². The second kappa shape index (κ2) is 14.2. The van der Waals surface area contributed by atoms with Crippen molar-refractivity contribution in [3.63, 3.8) is 0 Å². The summed E-state index contributed by atoms with van der Waals surface area (Å²) in [7, 11) is 0. The van der Waals surface area contributed by atoms with Crippen LogP contribution in [0.25, 0.3) is 0 Å². The minimum Gasteiger partial charge on any atom is -0.478 e. The van der Waals surface area contributed by atoms with Crippen molar-refractivity contribution in [3.05, 3.63) is 34.4 Å². The molecule has 4 atom stereocenters. The van der Waals surface area contributed by atoms with Crippen LogP contribution in [-0.2, 0) is 18.9 Å². The predicted molar refractivity (Wildman–Crippen MR) is 120 cm³/mol. The van der Waals surface area contributed by atoms with Crippen molar-refractivity contribution in [2.45, 2.75) is 92.0 Å². The monoisotopic (exact) mass is 454 g/mol. The standard InChI is InChI=1S/C24H38O8/c1-7-9-13-29-17(5)31-15(3)19-11-12-20(23(25)26)21(22(19)24(27)28)16(4)32-18(6)30-14-10-8-2/h11-12,15-18H,7-10,13-14H2,1-6H3,(H,25,26)(H,27,28). The number of rotatable bonds is 16. The summed E-state index contributed by atoms with van der Waals surface area (Å²) in [6.07, 6.45) is 1.10. The number of aromatic carboxylic acids is 2. The van der Waals surface area contributed by atoms with Crippen LogP contribution in [0.1, 0.15) is 111 Å². The highest BCUT2D eigenvalue weighted by atomic mass is 16.7. The number of hydrogen-bond acceptors (Lipinski definition) is 6. The first-order chi connectivity index (χ1) is 15.1. The fourth-order valence-electron chi connectivity index (χ4n) is 3.40. The molecule has 8 nitrogen and oxygen atoms in total. The summed E-state index contributed by atoms with van der Waals surface area (Å²) in [6.45, 7) is 11.9. The molecular formula is C24H38O8. The molecule has 0 radical (unpaired) electrons. The van der Waals surface area contributed by atoms with E-state index < -0.39 is 36.7 Å². The zero-order chi connectivity index (χ0) is 24.3. The molecule has 32 heavy (non-hydrogen) atoms. The molecule has 8 heteroatoms. The van der Waals surface area contributed by atoms with Gasteiger partial charge in [-0.1, -0.05) is 32.8 Å². The van der Waals surface area contributed by atoms with E-state index in [-0.39, 0.29) is 16.7 Å². The number of carbonyl (C=O) groups is 2. The molecular weight excluding hydrogens is 416 g/mol. The second-order valence-corrected chi connectivity index (χ2v) is 7.74. The molecule has 2 N–H and O–H groups in total. The van der Waals surface area contributed by atoms with E-state index in [2.05, 4.69) is 6.92 Å². The summed E-state index contributed by atoms with van der Waals surface area (Å²) >= 11 is 0. The van der Waals surface area contributed by atoms with E-state index in [0.717, 1.165) is 25.7 Å². The number of ether oxygens (including phenoxy) is 4. The van der Waals surface area contributed by atoms with Crippen LogP contribution in [0.15, 0.2) is 12.1 Å². The third kappa shape index (κ3) is 8.50. The van der Waals surface area contributed by atoms with Crippen LogP contribution in [0.3, 0.4) is 0 Å². The Morgan fingerprint density at radius 3 is 1.75 bits per heavy atom. The Labute approximate surface area is 190 Å². The molecule has 0 aliphatic rings. The molecule has 182 valence electrons. The Bertz CT molecular complexity index is 733. The van der Waals surface area contributed by atoms with Gasteiger partial charge in [0.2, 0.25) is 0 Å². The number of hydrogen-bond donors (Lipinski definition) is 2. The molecule has 0 bridgehead atoms. The fourth-order valence-corrected chi connectivity index (χ4v) is 3.40. The van der Waals surface area contributed by atoms with Gasteiger partial charge in [0.25, 0.3) is 0 Å². The smallest absolute Gasteiger partial charge is 0.336 e. The lowest BCUT2D eigenvalue weighted by Gasteiger charge is -2.26. The van der Waals surface area contributed by atoms with Gasteiger partial charge in [0, 0.05) is 18.8 Å². The highest BCUT2D eigenvalue weighted by Crippen LogP contribution is 2.33. The average molecular weight is 455 g/mol. The van der Waals surface area contributed by atoms with Crippen molar-refractivity contribution < 1.29 is 38.7 Å². The number of unbranched alkanes of at least 4 members (excludes halogenated alkanes) is 2.